The molecule has 1 amide bonds. The largest absolute Gasteiger partial charge is 0.490 e. The fourth-order valence-electron chi connectivity index (χ4n) is 2.14. The van der Waals surface area contributed by atoms with Crippen molar-refractivity contribution in [2.75, 3.05) is 18.5 Å². The standard InChI is InChI=1S/C19H20N2O5/c1-3-25-18-12-15(10-11-21(23)24)6-9-17(18)26-13-19(22)20-16-7-4-14(2)5-8-16/h4-12H,3,13H2,1-2H3,(H,20,22)/b11-10-. The third-order valence-electron chi connectivity index (χ3n) is 3.35. The Kier molecular flexibility index (Phi) is 6.73. The van der Waals surface area contributed by atoms with Gasteiger partial charge in [-0.15, -0.1) is 0 Å². The predicted octanol–water partition coefficient (Wildman–Crippen LogP) is 3.66. The minimum Gasteiger partial charge on any atom is -0.490 e. The second-order valence-electron chi connectivity index (χ2n) is 5.44. The van der Waals surface area contributed by atoms with Crippen molar-refractivity contribution < 1.29 is 19.2 Å². The second-order valence-corrected chi connectivity index (χ2v) is 5.44. The number of carbonyl (C=O) groups is 1. The third-order valence-corrected chi connectivity index (χ3v) is 3.35. The fraction of sp³-hybridized carbons (Fsp3) is 0.211. The van der Waals surface area contributed by atoms with Crippen LogP contribution in [0.25, 0.3) is 6.08 Å². The van der Waals surface area contributed by atoms with Gasteiger partial charge in [-0.05, 0) is 43.7 Å². The molecule has 0 bridgehead atoms. The van der Waals surface area contributed by atoms with Crippen molar-refractivity contribution in [3.8, 4) is 11.5 Å². The van der Waals surface area contributed by atoms with Gasteiger partial charge in [0.25, 0.3) is 5.91 Å². The van der Waals surface area contributed by atoms with Crippen LogP contribution in [0.4, 0.5) is 5.69 Å². The summed E-state index contributed by atoms with van der Waals surface area (Å²) in [5, 5.41) is 13.2. The van der Waals surface area contributed by atoms with Gasteiger partial charge in [-0.3, -0.25) is 14.9 Å². The summed E-state index contributed by atoms with van der Waals surface area (Å²) in [6, 6.07) is 12.3. The Balaban J connectivity index is 2.01. The average molecular weight is 356 g/mol. The lowest BCUT2D eigenvalue weighted by atomic mass is 10.2. The quantitative estimate of drug-likeness (QED) is 0.576. The topological polar surface area (TPSA) is 90.7 Å². The highest BCUT2D eigenvalue weighted by atomic mass is 16.6. The Labute approximate surface area is 151 Å². The number of aryl methyl sites for hydroxylation is 1. The summed E-state index contributed by atoms with van der Waals surface area (Å²) in [6.45, 7) is 3.99. The van der Waals surface area contributed by atoms with Crippen molar-refractivity contribution >= 4 is 17.7 Å². The molecule has 2 aromatic rings. The number of benzene rings is 2. The summed E-state index contributed by atoms with van der Waals surface area (Å²) >= 11 is 0. The van der Waals surface area contributed by atoms with Gasteiger partial charge in [0.2, 0.25) is 6.20 Å². The molecule has 0 aliphatic rings. The Bertz CT molecular complexity index is 800. The zero-order valence-corrected chi connectivity index (χ0v) is 14.6. The van der Waals surface area contributed by atoms with Crippen LogP contribution in [0.3, 0.4) is 0 Å². The van der Waals surface area contributed by atoms with Crippen molar-refractivity contribution in [1.29, 1.82) is 0 Å². The van der Waals surface area contributed by atoms with E-state index in [9.17, 15) is 14.9 Å². The van der Waals surface area contributed by atoms with E-state index in [0.717, 1.165) is 11.8 Å². The number of nitrogens with one attached hydrogen (secondary N) is 1. The van der Waals surface area contributed by atoms with Crippen LogP contribution in [0.15, 0.2) is 48.7 Å². The highest BCUT2D eigenvalue weighted by molar-refractivity contribution is 5.91. The smallest absolute Gasteiger partial charge is 0.262 e. The molecular formula is C19H20N2O5. The zero-order chi connectivity index (χ0) is 18.9. The van der Waals surface area contributed by atoms with Crippen LogP contribution in [-0.4, -0.2) is 24.0 Å². The minimum absolute atomic E-state index is 0.183. The number of anilines is 1. The summed E-state index contributed by atoms with van der Waals surface area (Å²) in [6.07, 6.45) is 2.21. The normalized spacial score (nSPS) is 10.5. The number of rotatable bonds is 8. The first-order valence-corrected chi connectivity index (χ1v) is 8.06. The van der Waals surface area contributed by atoms with Crippen LogP contribution in [0.5, 0.6) is 11.5 Å². The molecule has 0 fully saturated rings. The van der Waals surface area contributed by atoms with E-state index in [1.807, 2.05) is 38.1 Å². The molecule has 0 aliphatic carbocycles. The lowest BCUT2D eigenvalue weighted by Crippen LogP contribution is -2.20. The number of hydrogen-bond donors (Lipinski definition) is 1. The molecule has 1 N–H and O–H groups in total. The summed E-state index contributed by atoms with van der Waals surface area (Å²) < 4.78 is 11.0. The Morgan fingerprint density at radius 1 is 1.15 bits per heavy atom. The molecule has 0 aromatic heterocycles. The first kappa shape index (κ1) is 19.0. The maximum Gasteiger partial charge on any atom is 0.262 e. The Morgan fingerprint density at radius 3 is 2.54 bits per heavy atom. The third kappa shape index (κ3) is 5.94. The Hall–Kier alpha value is -3.35. The summed E-state index contributed by atoms with van der Waals surface area (Å²) in [4.78, 5) is 21.9. The molecule has 0 atom stereocenters. The molecule has 0 saturated carbocycles. The van der Waals surface area contributed by atoms with Crippen molar-refractivity contribution in [3.63, 3.8) is 0 Å². The van der Waals surface area contributed by atoms with E-state index in [0.29, 0.717) is 29.4 Å². The van der Waals surface area contributed by atoms with Crippen LogP contribution in [0.1, 0.15) is 18.1 Å². The van der Waals surface area contributed by atoms with Crippen molar-refractivity contribution in [3.05, 3.63) is 69.9 Å². The van der Waals surface area contributed by atoms with Crippen LogP contribution < -0.4 is 14.8 Å². The molecule has 0 radical (unpaired) electrons. The van der Waals surface area contributed by atoms with Gasteiger partial charge in [-0.1, -0.05) is 23.8 Å². The van der Waals surface area contributed by atoms with Gasteiger partial charge in [-0.25, -0.2) is 0 Å². The molecular weight excluding hydrogens is 336 g/mol. The second kappa shape index (κ2) is 9.22. The fourth-order valence-corrected chi connectivity index (χ4v) is 2.14. The predicted molar refractivity (Wildman–Crippen MR) is 98.9 cm³/mol. The monoisotopic (exact) mass is 356 g/mol. The van der Waals surface area contributed by atoms with E-state index in [4.69, 9.17) is 9.47 Å². The van der Waals surface area contributed by atoms with E-state index in [1.54, 1.807) is 18.2 Å². The minimum atomic E-state index is -0.541. The van der Waals surface area contributed by atoms with E-state index in [2.05, 4.69) is 5.32 Å². The summed E-state index contributed by atoms with van der Waals surface area (Å²) in [5.41, 5.74) is 2.39. The number of nitro groups is 1. The number of hydrogen-bond acceptors (Lipinski definition) is 5. The summed E-state index contributed by atoms with van der Waals surface area (Å²) in [5.74, 6) is 0.513. The number of nitrogens with zero attached hydrogens (tertiary/aromatic N) is 1. The van der Waals surface area contributed by atoms with E-state index < -0.39 is 4.92 Å². The number of ether oxygens (including phenoxy) is 2. The lowest BCUT2D eigenvalue weighted by molar-refractivity contribution is -0.400. The van der Waals surface area contributed by atoms with Gasteiger partial charge in [0.05, 0.1) is 11.5 Å². The van der Waals surface area contributed by atoms with Gasteiger partial charge in [0, 0.05) is 11.8 Å². The molecule has 2 rings (SSSR count). The first-order valence-electron chi connectivity index (χ1n) is 8.06. The number of carbonyl (C=O) groups excluding carboxylic acids is 1. The first-order chi connectivity index (χ1) is 12.5. The summed E-state index contributed by atoms with van der Waals surface area (Å²) in [7, 11) is 0. The van der Waals surface area contributed by atoms with Crippen molar-refractivity contribution in [2.45, 2.75) is 13.8 Å². The van der Waals surface area contributed by atoms with E-state index in [-0.39, 0.29) is 12.5 Å². The molecule has 7 nitrogen and oxygen atoms in total. The Morgan fingerprint density at radius 2 is 1.88 bits per heavy atom. The van der Waals surface area contributed by atoms with Crippen LogP contribution in [0, 0.1) is 17.0 Å². The molecule has 0 spiro atoms. The van der Waals surface area contributed by atoms with Gasteiger partial charge in [-0.2, -0.15) is 0 Å². The van der Waals surface area contributed by atoms with Gasteiger partial charge >= 0.3 is 0 Å². The van der Waals surface area contributed by atoms with Crippen molar-refractivity contribution in [1.82, 2.24) is 0 Å². The maximum atomic E-state index is 12.0. The highest BCUT2D eigenvalue weighted by Crippen LogP contribution is 2.29. The van der Waals surface area contributed by atoms with Crippen molar-refractivity contribution in [2.24, 2.45) is 0 Å². The molecule has 0 unspecified atom stereocenters. The zero-order valence-electron chi connectivity index (χ0n) is 14.6. The van der Waals surface area contributed by atoms with Gasteiger partial charge in [0.15, 0.2) is 18.1 Å². The molecule has 7 heteroatoms. The molecule has 2 aromatic carbocycles. The number of amides is 1. The average Bonchev–Trinajstić information content (AvgIpc) is 2.61. The van der Waals surface area contributed by atoms with Crippen LogP contribution in [0.2, 0.25) is 0 Å². The van der Waals surface area contributed by atoms with E-state index >= 15 is 0 Å². The molecule has 0 saturated heterocycles. The van der Waals surface area contributed by atoms with E-state index in [1.165, 1.54) is 6.08 Å². The molecule has 0 aliphatic heterocycles. The van der Waals surface area contributed by atoms with Crippen LogP contribution >= 0.6 is 0 Å². The molecule has 26 heavy (non-hydrogen) atoms. The van der Waals surface area contributed by atoms with Gasteiger partial charge < -0.3 is 14.8 Å². The molecule has 0 heterocycles. The SMILES string of the molecule is CCOc1cc(/C=C\[N+](=O)[O-])ccc1OCC(=O)Nc1ccc(C)cc1. The highest BCUT2D eigenvalue weighted by Gasteiger charge is 2.09. The van der Waals surface area contributed by atoms with Gasteiger partial charge in [0.1, 0.15) is 0 Å². The lowest BCUT2D eigenvalue weighted by Gasteiger charge is -2.12. The maximum absolute atomic E-state index is 12.0. The van der Waals surface area contributed by atoms with Crippen LogP contribution in [-0.2, 0) is 4.79 Å². The molecule has 136 valence electrons.